The molecule has 0 bridgehead atoms. The predicted octanol–water partition coefficient (Wildman–Crippen LogP) is 15.5. The summed E-state index contributed by atoms with van der Waals surface area (Å²) in [6, 6.07) is 0. The average molecular weight is 733 g/mol. The Kier molecular flexibility index (Phi) is 45.0. The zero-order valence-corrected chi connectivity index (χ0v) is 35.3. The lowest BCUT2D eigenvalue weighted by molar-refractivity contribution is -0.154. The smallest absolute Gasteiger partial charge is 0.306 e. The largest absolute Gasteiger partial charge is 0.457 e. The molecule has 0 fully saturated rings. The van der Waals surface area contributed by atoms with Gasteiger partial charge in [-0.05, 0) is 44.9 Å². The third-order valence-corrected chi connectivity index (χ3v) is 10.5. The Bertz CT molecular complexity index is 732. The first kappa shape index (κ1) is 50.9. The van der Waals surface area contributed by atoms with Crippen LogP contribution in [0.25, 0.3) is 0 Å². The lowest BCUT2D eigenvalue weighted by Crippen LogP contribution is -2.27. The average Bonchev–Trinajstić information content (AvgIpc) is 3.15. The Morgan fingerprint density at radius 1 is 0.462 bits per heavy atom. The van der Waals surface area contributed by atoms with Crippen LogP contribution in [0, 0.1) is 0 Å². The zero-order chi connectivity index (χ0) is 37.7. The van der Waals surface area contributed by atoms with Crippen LogP contribution in [0.2, 0.25) is 0 Å². The van der Waals surface area contributed by atoms with E-state index in [2.05, 4.69) is 38.2 Å². The minimum Gasteiger partial charge on any atom is -0.457 e. The fraction of sp³-hybridized carbons (Fsp3) is 0.896. The highest BCUT2D eigenvalue weighted by molar-refractivity contribution is 5.69. The van der Waals surface area contributed by atoms with Crippen LogP contribution in [0.1, 0.15) is 251 Å². The van der Waals surface area contributed by atoms with Gasteiger partial charge >= 0.3 is 5.97 Å². The molecule has 52 heavy (non-hydrogen) atoms. The number of ether oxygens (including phenoxy) is 2. The van der Waals surface area contributed by atoms with E-state index >= 15 is 0 Å². The van der Waals surface area contributed by atoms with Crippen molar-refractivity contribution < 1.29 is 19.4 Å². The molecule has 0 aliphatic heterocycles. The van der Waals surface area contributed by atoms with Crippen molar-refractivity contribution >= 4 is 5.97 Å². The van der Waals surface area contributed by atoms with E-state index in [9.17, 15) is 9.90 Å². The zero-order valence-electron chi connectivity index (χ0n) is 35.3. The molecule has 0 aromatic carbocycles. The molecule has 1 unspecified atom stereocenters. The monoisotopic (exact) mass is 733 g/mol. The van der Waals surface area contributed by atoms with Gasteiger partial charge in [0, 0.05) is 13.0 Å². The number of allylic oxidation sites excluding steroid dienone is 4. The lowest BCUT2D eigenvalue weighted by atomic mass is 10.0. The maximum Gasteiger partial charge on any atom is 0.306 e. The van der Waals surface area contributed by atoms with E-state index in [1.807, 2.05) is 0 Å². The Balaban J connectivity index is 3.38. The molecular weight excluding hydrogens is 641 g/mol. The third kappa shape index (κ3) is 43.3. The van der Waals surface area contributed by atoms with E-state index in [0.717, 1.165) is 25.7 Å². The summed E-state index contributed by atoms with van der Waals surface area (Å²) >= 11 is 0. The van der Waals surface area contributed by atoms with E-state index in [4.69, 9.17) is 9.47 Å². The summed E-state index contributed by atoms with van der Waals surface area (Å²) in [5.74, 6) is -0.197. The Hall–Kier alpha value is -1.13. The van der Waals surface area contributed by atoms with Crippen molar-refractivity contribution in [3.63, 3.8) is 0 Å². The summed E-state index contributed by atoms with van der Waals surface area (Å²) in [4.78, 5) is 12.2. The first-order chi connectivity index (χ1) is 25.7. The molecule has 0 spiro atoms. The van der Waals surface area contributed by atoms with E-state index in [1.165, 1.54) is 205 Å². The van der Waals surface area contributed by atoms with Crippen molar-refractivity contribution in [3.05, 3.63) is 24.3 Å². The number of esters is 1. The van der Waals surface area contributed by atoms with Crippen molar-refractivity contribution in [1.29, 1.82) is 0 Å². The van der Waals surface area contributed by atoms with Gasteiger partial charge in [0.2, 0.25) is 0 Å². The Morgan fingerprint density at radius 3 is 1.21 bits per heavy atom. The van der Waals surface area contributed by atoms with Gasteiger partial charge in [0.1, 0.15) is 6.10 Å². The van der Waals surface area contributed by atoms with Crippen LogP contribution in [-0.2, 0) is 14.3 Å². The van der Waals surface area contributed by atoms with Crippen LogP contribution in [0.5, 0.6) is 0 Å². The van der Waals surface area contributed by atoms with Gasteiger partial charge in [-0.1, -0.05) is 224 Å². The molecule has 1 N–H and O–H groups in total. The van der Waals surface area contributed by atoms with Gasteiger partial charge in [0.05, 0.1) is 13.2 Å². The topological polar surface area (TPSA) is 55.8 Å². The van der Waals surface area contributed by atoms with Crippen LogP contribution in [-0.4, -0.2) is 37.0 Å². The van der Waals surface area contributed by atoms with Gasteiger partial charge in [0.15, 0.2) is 0 Å². The second-order valence-electron chi connectivity index (χ2n) is 15.8. The van der Waals surface area contributed by atoms with Crippen molar-refractivity contribution in [2.75, 3.05) is 19.8 Å². The third-order valence-electron chi connectivity index (χ3n) is 10.5. The van der Waals surface area contributed by atoms with E-state index in [1.54, 1.807) is 0 Å². The molecule has 308 valence electrons. The first-order valence-electron chi connectivity index (χ1n) is 23.4. The maximum absolute atomic E-state index is 12.2. The van der Waals surface area contributed by atoms with Crippen LogP contribution in [0.3, 0.4) is 0 Å². The molecule has 0 rings (SSSR count). The molecular formula is C48H92O4. The summed E-state index contributed by atoms with van der Waals surface area (Å²) in [7, 11) is 0. The van der Waals surface area contributed by atoms with Crippen molar-refractivity contribution in [2.45, 2.75) is 258 Å². The number of hydrogen-bond donors (Lipinski definition) is 1. The number of carbonyl (C=O) groups excluding carboxylic acids is 1. The number of hydrogen-bond acceptors (Lipinski definition) is 4. The fourth-order valence-corrected chi connectivity index (χ4v) is 7.01. The van der Waals surface area contributed by atoms with E-state index in [0.29, 0.717) is 19.6 Å². The number of rotatable bonds is 44. The standard InChI is InChI=1S/C48H92O4/c1-3-5-7-9-11-13-15-17-19-21-23-24-25-27-29-31-33-35-37-39-41-43-48(50)52-47(45-49)46-51-44-42-40-38-36-34-32-30-28-26-22-20-18-16-14-12-10-8-6-4-2/h14,16,20,22,47,49H,3-13,15,17-19,21,23-46H2,1-2H3/b16-14-,22-20-. The molecule has 0 radical (unpaired) electrons. The summed E-state index contributed by atoms with van der Waals surface area (Å²) in [6.07, 6.45) is 56.8. The molecule has 4 nitrogen and oxygen atoms in total. The molecule has 1 atom stereocenters. The SMILES string of the molecule is CCCCCC/C=C\C/C=C\CCCCCCCCCCOCC(CO)OC(=O)CCCCCCCCCCCCCCCCCCCCCCC. The highest BCUT2D eigenvalue weighted by Gasteiger charge is 2.13. The summed E-state index contributed by atoms with van der Waals surface area (Å²) < 4.78 is 11.2. The summed E-state index contributed by atoms with van der Waals surface area (Å²) in [6.45, 7) is 5.36. The lowest BCUT2D eigenvalue weighted by Gasteiger charge is -2.16. The van der Waals surface area contributed by atoms with Gasteiger partial charge in [-0.2, -0.15) is 0 Å². The van der Waals surface area contributed by atoms with Crippen LogP contribution in [0.4, 0.5) is 0 Å². The van der Waals surface area contributed by atoms with Crippen molar-refractivity contribution in [3.8, 4) is 0 Å². The van der Waals surface area contributed by atoms with E-state index in [-0.39, 0.29) is 12.6 Å². The van der Waals surface area contributed by atoms with Crippen LogP contribution in [0.15, 0.2) is 24.3 Å². The molecule has 4 heteroatoms. The summed E-state index contributed by atoms with van der Waals surface area (Å²) in [5, 5.41) is 9.62. The number of aliphatic hydroxyl groups is 1. The number of aliphatic hydroxyl groups excluding tert-OH is 1. The molecule has 0 amide bonds. The van der Waals surface area contributed by atoms with Gasteiger partial charge in [-0.3, -0.25) is 4.79 Å². The molecule has 0 aliphatic rings. The first-order valence-corrected chi connectivity index (χ1v) is 23.4. The fourth-order valence-electron chi connectivity index (χ4n) is 7.01. The molecule has 0 aromatic heterocycles. The molecule has 0 heterocycles. The van der Waals surface area contributed by atoms with Gasteiger partial charge in [-0.25, -0.2) is 0 Å². The Morgan fingerprint density at radius 2 is 0.808 bits per heavy atom. The number of unbranched alkanes of at least 4 members (excludes halogenated alkanes) is 32. The van der Waals surface area contributed by atoms with Gasteiger partial charge < -0.3 is 14.6 Å². The minimum absolute atomic E-state index is 0.170. The highest BCUT2D eigenvalue weighted by atomic mass is 16.6. The molecule has 0 aliphatic carbocycles. The number of carbonyl (C=O) groups is 1. The molecule has 0 saturated heterocycles. The summed E-state index contributed by atoms with van der Waals surface area (Å²) in [5.41, 5.74) is 0. The molecule has 0 aromatic rings. The quantitative estimate of drug-likeness (QED) is 0.0385. The van der Waals surface area contributed by atoms with Crippen LogP contribution >= 0.6 is 0 Å². The maximum atomic E-state index is 12.2. The van der Waals surface area contributed by atoms with E-state index < -0.39 is 6.10 Å². The predicted molar refractivity (Wildman–Crippen MR) is 228 cm³/mol. The second-order valence-corrected chi connectivity index (χ2v) is 15.8. The van der Waals surface area contributed by atoms with Gasteiger partial charge in [0.25, 0.3) is 0 Å². The van der Waals surface area contributed by atoms with Crippen LogP contribution < -0.4 is 0 Å². The normalized spacial score (nSPS) is 12.4. The second kappa shape index (κ2) is 46.0. The molecule has 0 saturated carbocycles. The minimum atomic E-state index is -0.533. The van der Waals surface area contributed by atoms with Crippen molar-refractivity contribution in [2.24, 2.45) is 0 Å². The Labute approximate surface area is 326 Å². The highest BCUT2D eigenvalue weighted by Crippen LogP contribution is 2.16. The van der Waals surface area contributed by atoms with Gasteiger partial charge in [-0.15, -0.1) is 0 Å². The van der Waals surface area contributed by atoms with Crippen molar-refractivity contribution in [1.82, 2.24) is 0 Å².